The third-order valence-corrected chi connectivity index (χ3v) is 8.09. The van der Waals surface area contributed by atoms with Crippen molar-refractivity contribution in [1.29, 1.82) is 0 Å². The Morgan fingerprint density at radius 1 is 1.09 bits per heavy atom. The van der Waals surface area contributed by atoms with Crippen molar-refractivity contribution in [3.63, 3.8) is 0 Å². The van der Waals surface area contributed by atoms with E-state index < -0.39 is 9.84 Å². The van der Waals surface area contributed by atoms with Gasteiger partial charge in [-0.05, 0) is 37.3 Å². The number of aromatic nitrogens is 1. The molecule has 2 fully saturated rings. The molecule has 0 aliphatic carbocycles. The van der Waals surface area contributed by atoms with Crippen LogP contribution in [-0.4, -0.2) is 29.7 Å². The van der Waals surface area contributed by atoms with Crippen LogP contribution in [0.2, 0.25) is 0 Å². The van der Waals surface area contributed by atoms with E-state index in [-0.39, 0.29) is 22.2 Å². The van der Waals surface area contributed by atoms with Crippen molar-refractivity contribution in [2.75, 3.05) is 0 Å². The summed E-state index contributed by atoms with van der Waals surface area (Å²) >= 11 is 0. The Morgan fingerprint density at radius 3 is 2.52 bits per heavy atom. The van der Waals surface area contributed by atoms with Crippen molar-refractivity contribution >= 4 is 26.5 Å². The summed E-state index contributed by atoms with van der Waals surface area (Å²) in [5.74, 6) is 0.0462. The molecule has 2 aromatic rings. The van der Waals surface area contributed by atoms with Crippen molar-refractivity contribution in [2.45, 2.75) is 42.6 Å². The summed E-state index contributed by atoms with van der Waals surface area (Å²) in [6.45, 7) is 0. The van der Waals surface area contributed by atoms with Crippen LogP contribution in [0.3, 0.4) is 0 Å². The first-order valence-electron chi connectivity index (χ1n) is 8.14. The van der Waals surface area contributed by atoms with Gasteiger partial charge in [-0.15, -0.1) is 0 Å². The molecular weight excluding hydrogens is 310 g/mol. The van der Waals surface area contributed by atoms with Gasteiger partial charge in [0.2, 0.25) is 0 Å². The second-order valence-electron chi connectivity index (χ2n) is 6.71. The van der Waals surface area contributed by atoms with Gasteiger partial charge in [0, 0.05) is 23.9 Å². The van der Waals surface area contributed by atoms with Gasteiger partial charge in [-0.25, -0.2) is 8.42 Å². The predicted molar refractivity (Wildman–Crippen MR) is 88.9 cm³/mol. The number of sulfone groups is 1. The zero-order valence-electron chi connectivity index (χ0n) is 12.8. The highest BCUT2D eigenvalue weighted by molar-refractivity contribution is 7.93. The minimum absolute atomic E-state index is 0.116. The first kappa shape index (κ1) is 14.8. The van der Waals surface area contributed by atoms with Crippen LogP contribution in [0, 0.1) is 5.92 Å². The van der Waals surface area contributed by atoms with Gasteiger partial charge in [-0.2, -0.15) is 0 Å². The van der Waals surface area contributed by atoms with Gasteiger partial charge >= 0.3 is 0 Å². The van der Waals surface area contributed by atoms with Crippen molar-refractivity contribution in [1.82, 2.24) is 4.98 Å². The Hall–Kier alpha value is -1.75. The molecule has 1 aromatic heterocycles. The molecule has 2 aliphatic rings. The summed E-state index contributed by atoms with van der Waals surface area (Å²) in [5, 5.41) is 0.450. The largest absolute Gasteiger partial charge is 0.299 e. The van der Waals surface area contributed by atoms with E-state index in [9.17, 15) is 13.2 Å². The van der Waals surface area contributed by atoms with Crippen LogP contribution in [0.1, 0.15) is 31.2 Å². The molecule has 2 unspecified atom stereocenters. The fraction of sp³-hybridized carbons (Fsp3) is 0.444. The lowest BCUT2D eigenvalue weighted by atomic mass is 9.90. The molecule has 2 aliphatic heterocycles. The summed E-state index contributed by atoms with van der Waals surface area (Å²) in [5.41, 5.74) is 1.81. The first-order valence-corrected chi connectivity index (χ1v) is 9.74. The lowest BCUT2D eigenvalue weighted by Gasteiger charge is -2.27. The Morgan fingerprint density at radius 2 is 1.78 bits per heavy atom. The molecule has 2 saturated heterocycles. The standard InChI is InChI=1S/C18H19NO3S/c20-17(14-9-15-6-7-16(10-14)23(15,21)22)11-13-4-1-3-12-5-2-8-19-18(12)13/h1-5,8,14-16H,6-7,9-11H2. The van der Waals surface area contributed by atoms with Gasteiger partial charge in [0.1, 0.15) is 5.78 Å². The molecule has 0 amide bonds. The normalized spacial score (nSPS) is 28.8. The van der Waals surface area contributed by atoms with Gasteiger partial charge in [0.15, 0.2) is 9.84 Å². The van der Waals surface area contributed by atoms with Crippen LogP contribution >= 0.6 is 0 Å². The fourth-order valence-electron chi connectivity index (χ4n) is 4.11. The molecule has 0 radical (unpaired) electrons. The predicted octanol–water partition coefficient (Wildman–Crippen LogP) is 2.70. The van der Waals surface area contributed by atoms with E-state index in [2.05, 4.69) is 4.98 Å². The van der Waals surface area contributed by atoms with Crippen LogP contribution in [0.25, 0.3) is 10.9 Å². The molecule has 1 aromatic carbocycles. The number of benzene rings is 1. The molecule has 23 heavy (non-hydrogen) atoms. The van der Waals surface area contributed by atoms with Crippen molar-refractivity contribution in [2.24, 2.45) is 5.92 Å². The van der Waals surface area contributed by atoms with E-state index >= 15 is 0 Å². The smallest absolute Gasteiger partial charge is 0.156 e. The molecule has 2 bridgehead atoms. The van der Waals surface area contributed by atoms with Crippen LogP contribution in [0.15, 0.2) is 36.5 Å². The number of ketones is 1. The molecule has 5 heteroatoms. The minimum Gasteiger partial charge on any atom is -0.299 e. The maximum Gasteiger partial charge on any atom is 0.156 e. The van der Waals surface area contributed by atoms with Crippen LogP contribution in [0.5, 0.6) is 0 Å². The number of nitrogens with zero attached hydrogens (tertiary/aromatic N) is 1. The molecule has 0 saturated carbocycles. The van der Waals surface area contributed by atoms with E-state index in [1.54, 1.807) is 6.20 Å². The number of hydrogen-bond donors (Lipinski definition) is 0. The second kappa shape index (κ2) is 5.41. The van der Waals surface area contributed by atoms with Crippen molar-refractivity contribution in [3.05, 3.63) is 42.1 Å². The topological polar surface area (TPSA) is 64.1 Å². The summed E-state index contributed by atoms with van der Waals surface area (Å²) < 4.78 is 24.3. The lowest BCUT2D eigenvalue weighted by molar-refractivity contribution is -0.122. The van der Waals surface area contributed by atoms with Gasteiger partial charge in [0.05, 0.1) is 16.0 Å². The fourth-order valence-corrected chi connectivity index (χ4v) is 6.59. The highest BCUT2D eigenvalue weighted by Gasteiger charge is 2.48. The van der Waals surface area contributed by atoms with E-state index in [1.807, 2.05) is 30.3 Å². The summed E-state index contributed by atoms with van der Waals surface area (Å²) in [6, 6.07) is 9.76. The minimum atomic E-state index is -2.97. The average Bonchev–Trinajstić information content (AvgIpc) is 2.73. The molecule has 4 nitrogen and oxygen atoms in total. The van der Waals surface area contributed by atoms with Crippen LogP contribution in [-0.2, 0) is 21.1 Å². The number of carbonyl (C=O) groups is 1. The molecular formula is C18H19NO3S. The Labute approximate surface area is 135 Å². The molecule has 3 heterocycles. The lowest BCUT2D eigenvalue weighted by Crippen LogP contribution is -2.36. The third-order valence-electron chi connectivity index (χ3n) is 5.37. The molecule has 4 rings (SSSR count). The summed E-state index contributed by atoms with van der Waals surface area (Å²) in [4.78, 5) is 17.1. The molecule has 2 atom stereocenters. The number of rotatable bonds is 3. The third kappa shape index (κ3) is 2.47. The van der Waals surface area contributed by atoms with Crippen LogP contribution in [0.4, 0.5) is 0 Å². The highest BCUT2D eigenvalue weighted by atomic mass is 32.2. The quantitative estimate of drug-likeness (QED) is 0.868. The Bertz CT molecular complexity index is 849. The highest BCUT2D eigenvalue weighted by Crippen LogP contribution is 2.41. The monoisotopic (exact) mass is 329 g/mol. The Balaban J connectivity index is 1.57. The second-order valence-corrected chi connectivity index (χ2v) is 9.23. The van der Waals surface area contributed by atoms with E-state index in [0.29, 0.717) is 19.3 Å². The summed E-state index contributed by atoms with van der Waals surface area (Å²) in [7, 11) is -2.97. The van der Waals surface area contributed by atoms with Gasteiger partial charge in [0.25, 0.3) is 0 Å². The number of pyridine rings is 1. The molecule has 0 N–H and O–H groups in total. The molecule has 0 spiro atoms. The van der Waals surface area contributed by atoms with E-state index in [0.717, 1.165) is 29.3 Å². The molecule has 120 valence electrons. The average molecular weight is 329 g/mol. The number of carbonyl (C=O) groups excluding carboxylic acids is 1. The van der Waals surface area contributed by atoms with Crippen molar-refractivity contribution < 1.29 is 13.2 Å². The van der Waals surface area contributed by atoms with Crippen LogP contribution < -0.4 is 0 Å². The number of hydrogen-bond acceptors (Lipinski definition) is 4. The zero-order chi connectivity index (χ0) is 16.0. The first-order chi connectivity index (χ1) is 11.1. The SMILES string of the molecule is O=C(Cc1cccc2cccnc12)C1CC2CCC(C1)S2(=O)=O. The van der Waals surface area contributed by atoms with Gasteiger partial charge in [-0.1, -0.05) is 24.3 Å². The number of Topliss-reactive ketones (excluding diaryl/α,β-unsaturated/α-hetero) is 1. The number of para-hydroxylation sites is 1. The van der Waals surface area contributed by atoms with E-state index in [4.69, 9.17) is 0 Å². The Kier molecular flexibility index (Phi) is 3.48. The summed E-state index contributed by atoms with van der Waals surface area (Å²) in [6.07, 6.45) is 4.56. The van der Waals surface area contributed by atoms with E-state index in [1.165, 1.54) is 0 Å². The zero-order valence-corrected chi connectivity index (χ0v) is 13.6. The maximum atomic E-state index is 12.7. The van der Waals surface area contributed by atoms with Crippen molar-refractivity contribution in [3.8, 4) is 0 Å². The van der Waals surface area contributed by atoms with Gasteiger partial charge < -0.3 is 0 Å². The maximum absolute atomic E-state index is 12.7. The number of fused-ring (bicyclic) bond motifs is 3. The van der Waals surface area contributed by atoms with Gasteiger partial charge in [-0.3, -0.25) is 9.78 Å².